The van der Waals surface area contributed by atoms with Crippen molar-refractivity contribution in [3.63, 3.8) is 0 Å². The number of hydrogen-bond acceptors (Lipinski definition) is 4. The molecule has 0 aliphatic carbocycles. The minimum Gasteiger partial charge on any atom is -0.402 e. The van der Waals surface area contributed by atoms with Gasteiger partial charge in [0.25, 0.3) is 5.90 Å². The molecule has 7 heteroatoms. The summed E-state index contributed by atoms with van der Waals surface area (Å²) in [6.45, 7) is -1.71. The van der Waals surface area contributed by atoms with Crippen molar-refractivity contribution in [1.29, 1.82) is 0 Å². The zero-order chi connectivity index (χ0) is 12.0. The van der Waals surface area contributed by atoms with Gasteiger partial charge in [0, 0.05) is 17.4 Å². The van der Waals surface area contributed by atoms with Gasteiger partial charge in [-0.1, -0.05) is 18.2 Å². The predicted molar refractivity (Wildman–Crippen MR) is 64.4 cm³/mol. The molecule has 0 aliphatic heterocycles. The first-order chi connectivity index (χ1) is 7.53. The average Bonchev–Trinajstić information content (AvgIpc) is 2.24. The average molecular weight is 261 g/mol. The van der Waals surface area contributed by atoms with Crippen LogP contribution in [-0.4, -0.2) is 22.3 Å². The van der Waals surface area contributed by atoms with Gasteiger partial charge in [0.1, 0.15) is 6.61 Å². The second kappa shape index (κ2) is 5.96. The third-order valence-corrected chi connectivity index (χ3v) is 2.14. The summed E-state index contributed by atoms with van der Waals surface area (Å²) in [5.41, 5.74) is 0.563. The molecule has 0 heterocycles. The first-order valence-corrected chi connectivity index (χ1v) is 7.16. The second-order valence-electron chi connectivity index (χ2n) is 2.76. The van der Waals surface area contributed by atoms with Crippen LogP contribution in [-0.2, 0) is 21.2 Å². The van der Waals surface area contributed by atoms with Crippen LogP contribution in [0, 0.1) is 0 Å². The summed E-state index contributed by atoms with van der Waals surface area (Å²) in [5, 5.41) is 3.63. The van der Waals surface area contributed by atoms with Gasteiger partial charge in [0.2, 0.25) is 0 Å². The third-order valence-electron chi connectivity index (χ3n) is 1.50. The Morgan fingerprint density at radius 3 is 2.50 bits per heavy atom. The Kier molecular flexibility index (Phi) is 4.89. The lowest BCUT2D eigenvalue weighted by Crippen LogP contribution is -2.06. The van der Waals surface area contributed by atoms with Crippen molar-refractivity contribution >= 4 is 24.4 Å². The van der Waals surface area contributed by atoms with Crippen LogP contribution >= 0.6 is 6.72 Å². The molecule has 0 aliphatic rings. The van der Waals surface area contributed by atoms with Gasteiger partial charge in [0.15, 0.2) is 0 Å². The van der Waals surface area contributed by atoms with E-state index in [0.717, 1.165) is 0 Å². The van der Waals surface area contributed by atoms with Gasteiger partial charge < -0.3 is 19.1 Å². The highest BCUT2D eigenvalue weighted by atomic mass is 32.5. The summed E-state index contributed by atoms with van der Waals surface area (Å²) >= 11 is 4.38. The van der Waals surface area contributed by atoms with Gasteiger partial charge in [-0.15, -0.1) is 0 Å². The molecular formula is C9H12NO4PS. The van der Waals surface area contributed by atoms with Crippen LogP contribution in [0.25, 0.3) is 0 Å². The summed E-state index contributed by atoms with van der Waals surface area (Å²) in [4.78, 5) is 23.0. The molecule has 0 atom stereocenters. The monoisotopic (exact) mass is 261 g/mol. The molecule has 88 valence electrons. The van der Waals surface area contributed by atoms with Crippen LogP contribution in [0.1, 0.15) is 12.5 Å². The molecule has 0 unspecified atom stereocenters. The van der Waals surface area contributed by atoms with Crippen LogP contribution < -0.4 is 0 Å². The van der Waals surface area contributed by atoms with Gasteiger partial charge in [-0.3, -0.25) is 0 Å². The van der Waals surface area contributed by atoms with E-state index in [4.69, 9.17) is 19.1 Å². The minimum atomic E-state index is -3.80. The largest absolute Gasteiger partial charge is 0.402 e. The number of nitrogens with zero attached hydrogens (tertiary/aromatic N) is 1. The van der Waals surface area contributed by atoms with E-state index in [1.807, 2.05) is 6.07 Å². The molecule has 0 bridgehead atoms. The molecule has 1 aromatic carbocycles. The number of rotatable bonds is 4. The number of hydrogen-bond donors (Lipinski definition) is 2. The maximum Gasteiger partial charge on any atom is 0.376 e. The fourth-order valence-electron chi connectivity index (χ4n) is 0.939. The highest BCUT2D eigenvalue weighted by Gasteiger charge is 2.16. The van der Waals surface area contributed by atoms with E-state index in [2.05, 4.69) is 17.0 Å². The van der Waals surface area contributed by atoms with E-state index in [0.29, 0.717) is 12.2 Å². The van der Waals surface area contributed by atoms with E-state index in [-0.39, 0.29) is 5.90 Å². The summed E-state index contributed by atoms with van der Waals surface area (Å²) < 4.78 is 4.79. The third kappa shape index (κ3) is 4.72. The molecule has 1 aromatic rings. The first kappa shape index (κ1) is 13.1. The summed E-state index contributed by atoms with van der Waals surface area (Å²) in [5.74, 6) is -0.0317. The van der Waals surface area contributed by atoms with Crippen molar-refractivity contribution in [2.24, 2.45) is 5.16 Å². The lowest BCUT2D eigenvalue weighted by molar-refractivity contribution is 0.152. The number of oxime groups is 1. The van der Waals surface area contributed by atoms with E-state index >= 15 is 0 Å². The zero-order valence-electron chi connectivity index (χ0n) is 8.61. The molecule has 5 nitrogen and oxygen atoms in total. The Balaban J connectivity index is 2.93. The van der Waals surface area contributed by atoms with Crippen LogP contribution in [0.15, 0.2) is 35.5 Å². The standard InChI is InChI=1S/C9H12NO4PS/c1-2-13-10-9(14-15(11,12)16)8-6-4-3-5-7-8/h3-7H,2H2,1H3,(H2,11,12,16). The molecule has 0 saturated heterocycles. The molecule has 0 aromatic heterocycles. The fourth-order valence-corrected chi connectivity index (χ4v) is 1.51. The van der Waals surface area contributed by atoms with E-state index in [1.54, 1.807) is 31.2 Å². The van der Waals surface area contributed by atoms with Crippen LogP contribution in [0.4, 0.5) is 0 Å². The molecule has 0 fully saturated rings. The lowest BCUT2D eigenvalue weighted by Gasteiger charge is -2.11. The van der Waals surface area contributed by atoms with Gasteiger partial charge in [-0.05, 0) is 24.2 Å². The topological polar surface area (TPSA) is 71.3 Å². The molecular weight excluding hydrogens is 249 g/mol. The van der Waals surface area contributed by atoms with E-state index in [1.165, 1.54) is 0 Å². The molecule has 2 N–H and O–H groups in total. The molecule has 0 amide bonds. The van der Waals surface area contributed by atoms with Gasteiger partial charge in [-0.2, -0.15) is 0 Å². The first-order valence-electron chi connectivity index (χ1n) is 4.53. The van der Waals surface area contributed by atoms with Gasteiger partial charge in [0.05, 0.1) is 0 Å². The Hall–Kier alpha value is -0.940. The molecule has 0 radical (unpaired) electrons. The smallest absolute Gasteiger partial charge is 0.376 e. The SMILES string of the molecule is CCON=C(OP(O)(O)=S)c1ccccc1. The maximum absolute atomic E-state index is 9.07. The number of benzene rings is 1. The highest BCUT2D eigenvalue weighted by Crippen LogP contribution is 2.37. The van der Waals surface area contributed by atoms with Crippen molar-refractivity contribution in [3.8, 4) is 0 Å². The fraction of sp³-hybridized carbons (Fsp3) is 0.222. The second-order valence-corrected chi connectivity index (χ2v) is 5.35. The van der Waals surface area contributed by atoms with E-state index < -0.39 is 6.72 Å². The predicted octanol–water partition coefficient (Wildman–Crippen LogP) is 1.61. The van der Waals surface area contributed by atoms with Gasteiger partial charge in [-0.25, -0.2) is 0 Å². The molecule has 1 rings (SSSR count). The normalized spacial score (nSPS) is 12.3. The van der Waals surface area contributed by atoms with Crippen LogP contribution in [0.5, 0.6) is 0 Å². The molecule has 16 heavy (non-hydrogen) atoms. The summed E-state index contributed by atoms with van der Waals surface area (Å²) in [6, 6.07) is 8.73. The van der Waals surface area contributed by atoms with Gasteiger partial charge >= 0.3 is 6.72 Å². The van der Waals surface area contributed by atoms with Crippen LogP contribution in [0.2, 0.25) is 0 Å². The Morgan fingerprint density at radius 1 is 1.38 bits per heavy atom. The van der Waals surface area contributed by atoms with Crippen molar-refractivity contribution in [2.45, 2.75) is 6.92 Å². The Bertz CT molecular complexity index is 403. The molecule has 0 saturated carbocycles. The van der Waals surface area contributed by atoms with Crippen molar-refractivity contribution in [3.05, 3.63) is 35.9 Å². The van der Waals surface area contributed by atoms with Crippen LogP contribution in [0.3, 0.4) is 0 Å². The van der Waals surface area contributed by atoms with E-state index in [9.17, 15) is 0 Å². The Morgan fingerprint density at radius 2 is 2.00 bits per heavy atom. The minimum absolute atomic E-state index is 0.0317. The quantitative estimate of drug-likeness (QED) is 0.373. The Labute approximate surface area is 98.6 Å². The highest BCUT2D eigenvalue weighted by molar-refractivity contribution is 8.06. The lowest BCUT2D eigenvalue weighted by atomic mass is 10.2. The summed E-state index contributed by atoms with van der Waals surface area (Å²) in [7, 11) is 0. The van der Waals surface area contributed by atoms with Crippen molar-refractivity contribution < 1.29 is 19.1 Å². The zero-order valence-corrected chi connectivity index (χ0v) is 10.3. The maximum atomic E-state index is 9.07. The summed E-state index contributed by atoms with van der Waals surface area (Å²) in [6.07, 6.45) is 0. The van der Waals surface area contributed by atoms with Crippen molar-refractivity contribution in [1.82, 2.24) is 0 Å². The van der Waals surface area contributed by atoms with Crippen molar-refractivity contribution in [2.75, 3.05) is 6.61 Å². The molecule has 0 spiro atoms.